The van der Waals surface area contributed by atoms with Crippen LogP contribution in [0.3, 0.4) is 0 Å². The SMILES string of the molecule is c1ccc(NCC2CCN(Cc3nc(-c4ccsc4)no3)C2)nc1. The highest BCUT2D eigenvalue weighted by atomic mass is 32.1. The zero-order valence-corrected chi connectivity index (χ0v) is 14.1. The number of anilines is 1. The molecule has 1 unspecified atom stereocenters. The summed E-state index contributed by atoms with van der Waals surface area (Å²) in [6, 6.07) is 7.93. The van der Waals surface area contributed by atoms with Gasteiger partial charge in [0.1, 0.15) is 5.82 Å². The van der Waals surface area contributed by atoms with Gasteiger partial charge >= 0.3 is 0 Å². The summed E-state index contributed by atoms with van der Waals surface area (Å²) >= 11 is 1.64. The summed E-state index contributed by atoms with van der Waals surface area (Å²) in [5.41, 5.74) is 1.02. The molecule has 1 fully saturated rings. The highest BCUT2D eigenvalue weighted by Crippen LogP contribution is 2.21. The smallest absolute Gasteiger partial charge is 0.241 e. The molecule has 1 atom stereocenters. The van der Waals surface area contributed by atoms with Gasteiger partial charge in [-0.1, -0.05) is 11.2 Å². The first-order valence-electron chi connectivity index (χ1n) is 8.09. The quantitative estimate of drug-likeness (QED) is 0.743. The van der Waals surface area contributed by atoms with E-state index in [2.05, 4.69) is 25.3 Å². The van der Waals surface area contributed by atoms with Gasteiger partial charge in [-0.2, -0.15) is 16.3 Å². The number of nitrogens with one attached hydrogen (secondary N) is 1. The minimum absolute atomic E-state index is 0.617. The van der Waals surface area contributed by atoms with E-state index in [0.29, 0.717) is 17.6 Å². The molecule has 3 aromatic heterocycles. The molecule has 1 N–H and O–H groups in total. The predicted molar refractivity (Wildman–Crippen MR) is 93.7 cm³/mol. The Labute approximate surface area is 144 Å². The number of rotatable bonds is 6. The number of hydrogen-bond acceptors (Lipinski definition) is 7. The summed E-state index contributed by atoms with van der Waals surface area (Å²) in [5.74, 6) is 2.92. The van der Waals surface area contributed by atoms with Gasteiger partial charge in [0.05, 0.1) is 6.54 Å². The maximum atomic E-state index is 5.39. The first kappa shape index (κ1) is 15.3. The second-order valence-corrected chi connectivity index (χ2v) is 6.79. The lowest BCUT2D eigenvalue weighted by atomic mass is 10.1. The van der Waals surface area contributed by atoms with Gasteiger partial charge in [0.2, 0.25) is 11.7 Å². The first-order chi connectivity index (χ1) is 11.9. The molecule has 0 bridgehead atoms. The summed E-state index contributed by atoms with van der Waals surface area (Å²) in [5, 5.41) is 11.5. The summed E-state index contributed by atoms with van der Waals surface area (Å²) < 4.78 is 5.39. The maximum absolute atomic E-state index is 5.39. The van der Waals surface area contributed by atoms with E-state index in [1.807, 2.05) is 41.2 Å². The van der Waals surface area contributed by atoms with Crippen LogP contribution >= 0.6 is 11.3 Å². The van der Waals surface area contributed by atoms with Crippen LogP contribution < -0.4 is 5.32 Å². The van der Waals surface area contributed by atoms with Gasteiger partial charge in [-0.05, 0) is 42.5 Å². The summed E-state index contributed by atoms with van der Waals surface area (Å²) in [6.45, 7) is 3.76. The van der Waals surface area contributed by atoms with Crippen molar-refractivity contribution >= 4 is 17.2 Å². The van der Waals surface area contributed by atoms with Gasteiger partial charge in [0.15, 0.2) is 0 Å². The zero-order chi connectivity index (χ0) is 16.2. The molecule has 0 spiro atoms. The summed E-state index contributed by atoms with van der Waals surface area (Å²) in [7, 11) is 0. The van der Waals surface area contributed by atoms with Crippen molar-refractivity contribution in [2.24, 2.45) is 5.92 Å². The maximum Gasteiger partial charge on any atom is 0.241 e. The highest BCUT2D eigenvalue weighted by Gasteiger charge is 2.24. The summed E-state index contributed by atoms with van der Waals surface area (Å²) in [4.78, 5) is 11.2. The molecule has 4 rings (SSSR count). The Balaban J connectivity index is 1.28. The predicted octanol–water partition coefficient (Wildman–Crippen LogP) is 3.13. The molecule has 7 heteroatoms. The lowest BCUT2D eigenvalue weighted by Crippen LogP contribution is -2.23. The van der Waals surface area contributed by atoms with Crippen molar-refractivity contribution in [2.75, 3.05) is 25.0 Å². The first-order valence-corrected chi connectivity index (χ1v) is 9.03. The molecular weight excluding hydrogens is 322 g/mol. The molecular formula is C17H19N5OS. The van der Waals surface area contributed by atoms with Crippen LogP contribution in [0.1, 0.15) is 12.3 Å². The standard InChI is InChI=1S/C17H19N5OS/c1-2-6-18-15(3-1)19-9-13-4-7-22(10-13)11-16-20-17(21-23-16)14-5-8-24-12-14/h1-3,5-6,8,12-13H,4,7,9-11H2,(H,18,19). The Morgan fingerprint density at radius 3 is 3.17 bits per heavy atom. The third-order valence-electron chi connectivity index (χ3n) is 4.21. The molecule has 6 nitrogen and oxygen atoms in total. The molecule has 1 aliphatic heterocycles. The Bertz CT molecular complexity index is 758. The fraction of sp³-hybridized carbons (Fsp3) is 0.353. The van der Waals surface area contributed by atoms with Crippen molar-refractivity contribution in [1.29, 1.82) is 0 Å². The normalized spacial score (nSPS) is 18.1. The van der Waals surface area contributed by atoms with Crippen LogP contribution in [0.4, 0.5) is 5.82 Å². The van der Waals surface area contributed by atoms with Crippen LogP contribution in [0, 0.1) is 5.92 Å². The van der Waals surface area contributed by atoms with Crippen molar-refractivity contribution < 1.29 is 4.52 Å². The molecule has 3 aromatic rings. The van der Waals surface area contributed by atoms with Crippen molar-refractivity contribution in [3.8, 4) is 11.4 Å². The number of nitrogens with zero attached hydrogens (tertiary/aromatic N) is 4. The molecule has 24 heavy (non-hydrogen) atoms. The number of thiophene rings is 1. The Kier molecular flexibility index (Phi) is 4.53. The molecule has 1 aliphatic rings. The average molecular weight is 341 g/mol. The monoisotopic (exact) mass is 341 g/mol. The number of hydrogen-bond donors (Lipinski definition) is 1. The minimum Gasteiger partial charge on any atom is -0.370 e. The Hall–Kier alpha value is -2.25. The van der Waals surface area contributed by atoms with Crippen molar-refractivity contribution in [2.45, 2.75) is 13.0 Å². The van der Waals surface area contributed by atoms with E-state index in [0.717, 1.165) is 37.6 Å². The zero-order valence-electron chi connectivity index (χ0n) is 13.3. The largest absolute Gasteiger partial charge is 0.370 e. The second kappa shape index (κ2) is 7.11. The van der Waals surface area contributed by atoms with E-state index >= 15 is 0 Å². The molecule has 0 aromatic carbocycles. The van der Waals surface area contributed by atoms with E-state index < -0.39 is 0 Å². The van der Waals surface area contributed by atoms with Crippen molar-refractivity contribution in [1.82, 2.24) is 20.0 Å². The van der Waals surface area contributed by atoms with Gasteiger partial charge in [0, 0.05) is 30.2 Å². The number of pyridine rings is 1. The Morgan fingerprint density at radius 2 is 2.33 bits per heavy atom. The highest BCUT2D eigenvalue weighted by molar-refractivity contribution is 7.08. The molecule has 0 amide bonds. The van der Waals surface area contributed by atoms with E-state index in [9.17, 15) is 0 Å². The Morgan fingerprint density at radius 1 is 1.33 bits per heavy atom. The van der Waals surface area contributed by atoms with Crippen LogP contribution in [-0.4, -0.2) is 39.7 Å². The van der Waals surface area contributed by atoms with Crippen LogP contribution in [0.15, 0.2) is 45.7 Å². The molecule has 1 saturated heterocycles. The van der Waals surface area contributed by atoms with Gasteiger partial charge < -0.3 is 9.84 Å². The van der Waals surface area contributed by atoms with Gasteiger partial charge in [-0.15, -0.1) is 0 Å². The van der Waals surface area contributed by atoms with Crippen molar-refractivity contribution in [3.05, 3.63) is 47.1 Å². The minimum atomic E-state index is 0.617. The molecule has 0 saturated carbocycles. The fourth-order valence-electron chi connectivity index (χ4n) is 2.96. The average Bonchev–Trinajstić information content (AvgIpc) is 3.36. The summed E-state index contributed by atoms with van der Waals surface area (Å²) in [6.07, 6.45) is 2.98. The topological polar surface area (TPSA) is 67.1 Å². The lowest BCUT2D eigenvalue weighted by molar-refractivity contribution is 0.261. The van der Waals surface area contributed by atoms with E-state index in [1.54, 1.807) is 11.3 Å². The lowest BCUT2D eigenvalue weighted by Gasteiger charge is -2.14. The number of likely N-dealkylation sites (tertiary alicyclic amines) is 1. The fourth-order valence-corrected chi connectivity index (χ4v) is 3.59. The van der Waals surface area contributed by atoms with Crippen LogP contribution in [0.5, 0.6) is 0 Å². The second-order valence-electron chi connectivity index (χ2n) is 6.01. The van der Waals surface area contributed by atoms with Crippen molar-refractivity contribution in [3.63, 3.8) is 0 Å². The number of aromatic nitrogens is 3. The van der Waals surface area contributed by atoms with Gasteiger partial charge in [0.25, 0.3) is 0 Å². The molecule has 124 valence electrons. The molecule has 0 radical (unpaired) electrons. The third kappa shape index (κ3) is 3.63. The molecule has 4 heterocycles. The van der Waals surface area contributed by atoms with E-state index in [-0.39, 0.29) is 0 Å². The van der Waals surface area contributed by atoms with Crippen LogP contribution in [0.25, 0.3) is 11.4 Å². The van der Waals surface area contributed by atoms with Crippen LogP contribution in [0.2, 0.25) is 0 Å². The van der Waals surface area contributed by atoms with E-state index in [1.165, 1.54) is 6.42 Å². The van der Waals surface area contributed by atoms with Gasteiger partial charge in [-0.3, -0.25) is 4.90 Å². The third-order valence-corrected chi connectivity index (χ3v) is 4.90. The van der Waals surface area contributed by atoms with E-state index in [4.69, 9.17) is 4.52 Å². The van der Waals surface area contributed by atoms with Gasteiger partial charge in [-0.25, -0.2) is 4.98 Å². The molecule has 0 aliphatic carbocycles. The van der Waals surface area contributed by atoms with Crippen LogP contribution in [-0.2, 0) is 6.54 Å².